The average Bonchev–Trinajstić information content (AvgIpc) is 2.44. The highest BCUT2D eigenvalue weighted by atomic mass is 16.2. The van der Waals surface area contributed by atoms with Crippen LogP contribution in [-0.4, -0.2) is 29.6 Å². The van der Waals surface area contributed by atoms with Gasteiger partial charge in [0.05, 0.1) is 12.2 Å². The zero-order chi connectivity index (χ0) is 13.2. The summed E-state index contributed by atoms with van der Waals surface area (Å²) in [6, 6.07) is -0.0156. The topological polar surface area (TPSA) is 32.3 Å². The fraction of sp³-hybridized carbons (Fsp3) is 0.929. The summed E-state index contributed by atoms with van der Waals surface area (Å²) in [5.74, 6) is 2.06. The fourth-order valence-corrected chi connectivity index (χ4v) is 2.23. The average molecular weight is 240 g/mol. The zero-order valence-electron chi connectivity index (χ0n) is 12.2. The molecule has 17 heavy (non-hydrogen) atoms. The molecule has 1 saturated heterocycles. The van der Waals surface area contributed by atoms with Gasteiger partial charge < -0.3 is 4.90 Å². The molecule has 1 heterocycles. The summed E-state index contributed by atoms with van der Waals surface area (Å²) in [6.45, 7) is 13.9. The number of carbonyl (C=O) groups excluding carboxylic acids is 1. The van der Waals surface area contributed by atoms with Gasteiger partial charge in [-0.2, -0.15) is 0 Å². The molecule has 0 aromatic carbocycles. The van der Waals surface area contributed by atoms with E-state index in [2.05, 4.69) is 44.8 Å². The summed E-state index contributed by atoms with van der Waals surface area (Å²) >= 11 is 0. The maximum Gasteiger partial charge on any atom is 0.240 e. The van der Waals surface area contributed by atoms with E-state index in [1.807, 2.05) is 6.92 Å². The smallest absolute Gasteiger partial charge is 0.240 e. The molecule has 0 aromatic rings. The minimum absolute atomic E-state index is 0.0156. The second-order valence-corrected chi connectivity index (χ2v) is 6.25. The number of hydrogen-bond acceptors (Lipinski definition) is 2. The van der Waals surface area contributed by atoms with Crippen LogP contribution in [0.15, 0.2) is 0 Å². The van der Waals surface area contributed by atoms with Gasteiger partial charge in [-0.05, 0) is 31.1 Å². The van der Waals surface area contributed by atoms with E-state index < -0.39 is 0 Å². The lowest BCUT2D eigenvalue weighted by molar-refractivity contribution is -0.130. The molecule has 3 nitrogen and oxygen atoms in total. The first-order valence-electron chi connectivity index (χ1n) is 6.89. The summed E-state index contributed by atoms with van der Waals surface area (Å²) in [7, 11) is 0. The SMILES string of the molecule is CC(C)CC1NC(C)C(=O)N1CC(C)C(C)C. The van der Waals surface area contributed by atoms with Crippen molar-refractivity contribution in [3.05, 3.63) is 0 Å². The fourth-order valence-electron chi connectivity index (χ4n) is 2.23. The number of amides is 1. The number of rotatable bonds is 5. The van der Waals surface area contributed by atoms with Crippen molar-refractivity contribution in [1.82, 2.24) is 10.2 Å². The number of carbonyl (C=O) groups is 1. The van der Waals surface area contributed by atoms with Crippen molar-refractivity contribution in [2.45, 2.75) is 60.2 Å². The van der Waals surface area contributed by atoms with Gasteiger partial charge in [-0.1, -0.05) is 34.6 Å². The normalized spacial score (nSPS) is 27.3. The molecule has 0 saturated carbocycles. The Balaban J connectivity index is 2.67. The molecule has 0 aromatic heterocycles. The minimum atomic E-state index is -0.0156. The monoisotopic (exact) mass is 240 g/mol. The predicted octanol–water partition coefficient (Wildman–Crippen LogP) is 2.47. The summed E-state index contributed by atoms with van der Waals surface area (Å²) in [4.78, 5) is 14.2. The van der Waals surface area contributed by atoms with Crippen molar-refractivity contribution >= 4 is 5.91 Å². The summed E-state index contributed by atoms with van der Waals surface area (Å²) in [6.07, 6.45) is 1.28. The molecule has 1 aliphatic heterocycles. The van der Waals surface area contributed by atoms with Gasteiger partial charge in [0.2, 0.25) is 5.91 Å². The van der Waals surface area contributed by atoms with Crippen molar-refractivity contribution in [2.75, 3.05) is 6.54 Å². The van der Waals surface area contributed by atoms with Gasteiger partial charge in [-0.15, -0.1) is 0 Å². The van der Waals surface area contributed by atoms with Gasteiger partial charge >= 0.3 is 0 Å². The van der Waals surface area contributed by atoms with Gasteiger partial charge in [-0.25, -0.2) is 0 Å². The van der Waals surface area contributed by atoms with Crippen LogP contribution in [0, 0.1) is 17.8 Å². The van der Waals surface area contributed by atoms with Gasteiger partial charge in [0.15, 0.2) is 0 Å². The van der Waals surface area contributed by atoms with E-state index in [1.165, 1.54) is 0 Å². The Hall–Kier alpha value is -0.570. The van der Waals surface area contributed by atoms with Gasteiger partial charge in [0, 0.05) is 6.54 Å². The Morgan fingerprint density at radius 2 is 1.82 bits per heavy atom. The van der Waals surface area contributed by atoms with Gasteiger partial charge in [0.1, 0.15) is 0 Å². The van der Waals surface area contributed by atoms with Crippen LogP contribution in [0.25, 0.3) is 0 Å². The van der Waals surface area contributed by atoms with Gasteiger partial charge in [0.25, 0.3) is 0 Å². The molecule has 1 amide bonds. The first-order valence-corrected chi connectivity index (χ1v) is 6.89. The van der Waals surface area contributed by atoms with E-state index in [1.54, 1.807) is 0 Å². The van der Waals surface area contributed by atoms with Crippen LogP contribution in [-0.2, 0) is 4.79 Å². The van der Waals surface area contributed by atoms with Gasteiger partial charge in [-0.3, -0.25) is 10.1 Å². The van der Waals surface area contributed by atoms with Crippen molar-refractivity contribution in [1.29, 1.82) is 0 Å². The van der Waals surface area contributed by atoms with E-state index >= 15 is 0 Å². The quantitative estimate of drug-likeness (QED) is 0.800. The minimum Gasteiger partial charge on any atom is -0.326 e. The molecule has 1 rings (SSSR count). The zero-order valence-corrected chi connectivity index (χ0v) is 12.2. The van der Waals surface area contributed by atoms with E-state index in [0.29, 0.717) is 17.8 Å². The summed E-state index contributed by atoms with van der Waals surface area (Å²) < 4.78 is 0. The first-order chi connectivity index (χ1) is 7.82. The van der Waals surface area contributed by atoms with Crippen LogP contribution in [0.2, 0.25) is 0 Å². The summed E-state index contributed by atoms with van der Waals surface area (Å²) in [5, 5.41) is 3.41. The van der Waals surface area contributed by atoms with Crippen LogP contribution < -0.4 is 5.32 Å². The van der Waals surface area contributed by atoms with Crippen molar-refractivity contribution in [3.8, 4) is 0 Å². The highest BCUT2D eigenvalue weighted by Crippen LogP contribution is 2.21. The highest BCUT2D eigenvalue weighted by Gasteiger charge is 2.36. The molecule has 1 N–H and O–H groups in total. The number of nitrogens with zero attached hydrogens (tertiary/aromatic N) is 1. The van der Waals surface area contributed by atoms with E-state index in [9.17, 15) is 4.79 Å². The number of nitrogens with one attached hydrogen (secondary N) is 1. The molecule has 3 unspecified atom stereocenters. The molecule has 0 aliphatic carbocycles. The Bertz CT molecular complexity index is 263. The molecule has 3 atom stereocenters. The van der Waals surface area contributed by atoms with Crippen LogP contribution >= 0.6 is 0 Å². The lowest BCUT2D eigenvalue weighted by Crippen LogP contribution is -2.41. The molecule has 0 bridgehead atoms. The Labute approximate surface area is 106 Å². The van der Waals surface area contributed by atoms with E-state index in [4.69, 9.17) is 0 Å². The Kier molecular flexibility index (Phi) is 4.99. The predicted molar refractivity (Wildman–Crippen MR) is 71.6 cm³/mol. The van der Waals surface area contributed by atoms with Crippen LogP contribution in [0.5, 0.6) is 0 Å². The molecule has 3 heteroatoms. The molecule has 0 radical (unpaired) electrons. The second kappa shape index (κ2) is 5.85. The van der Waals surface area contributed by atoms with E-state index in [-0.39, 0.29) is 18.1 Å². The molecular weight excluding hydrogens is 212 g/mol. The van der Waals surface area contributed by atoms with Crippen LogP contribution in [0.4, 0.5) is 0 Å². The van der Waals surface area contributed by atoms with Crippen molar-refractivity contribution < 1.29 is 4.79 Å². The third-order valence-electron chi connectivity index (χ3n) is 3.79. The van der Waals surface area contributed by atoms with Crippen molar-refractivity contribution in [2.24, 2.45) is 17.8 Å². The second-order valence-electron chi connectivity index (χ2n) is 6.25. The molecule has 0 spiro atoms. The molecule has 1 fully saturated rings. The maximum absolute atomic E-state index is 12.1. The highest BCUT2D eigenvalue weighted by molar-refractivity contribution is 5.83. The lowest BCUT2D eigenvalue weighted by Gasteiger charge is -2.29. The molecule has 100 valence electrons. The Morgan fingerprint density at radius 1 is 1.24 bits per heavy atom. The third kappa shape index (κ3) is 3.70. The first kappa shape index (κ1) is 14.5. The number of hydrogen-bond donors (Lipinski definition) is 1. The standard InChI is InChI=1S/C14H28N2O/c1-9(2)7-13-15-12(6)14(17)16(13)8-11(5)10(3)4/h9-13,15H,7-8H2,1-6H3. The van der Waals surface area contributed by atoms with Crippen LogP contribution in [0.1, 0.15) is 48.0 Å². The largest absolute Gasteiger partial charge is 0.326 e. The van der Waals surface area contributed by atoms with E-state index in [0.717, 1.165) is 13.0 Å². The van der Waals surface area contributed by atoms with Crippen molar-refractivity contribution in [3.63, 3.8) is 0 Å². The maximum atomic E-state index is 12.1. The lowest BCUT2D eigenvalue weighted by atomic mass is 9.97. The molecular formula is C14H28N2O. The summed E-state index contributed by atoms with van der Waals surface area (Å²) in [5.41, 5.74) is 0. The molecule has 1 aliphatic rings. The Morgan fingerprint density at radius 3 is 2.29 bits per heavy atom. The van der Waals surface area contributed by atoms with Crippen LogP contribution in [0.3, 0.4) is 0 Å². The third-order valence-corrected chi connectivity index (χ3v) is 3.79.